The van der Waals surface area contributed by atoms with E-state index in [1.54, 1.807) is 0 Å². The van der Waals surface area contributed by atoms with E-state index in [1.165, 1.54) is 31.6 Å². The molecule has 2 heterocycles. The van der Waals surface area contributed by atoms with Gasteiger partial charge in [-0.3, -0.25) is 9.88 Å². The van der Waals surface area contributed by atoms with Crippen LogP contribution in [0.5, 0.6) is 0 Å². The molecule has 0 bridgehead atoms. The number of hydrogen-bond acceptors (Lipinski definition) is 3. The smallest absolute Gasteiger partial charge is 0.0572 e. The minimum atomic E-state index is 0. The third-order valence-corrected chi connectivity index (χ3v) is 3.60. The van der Waals surface area contributed by atoms with Gasteiger partial charge in [0.2, 0.25) is 0 Å². The molecular weight excluding hydrogens is 269 g/mol. The standard InChI is InChI=1S/C13H21N3.2ClH/c1-11(13-5-3-4-8-15-13)16-9-6-12(14-2)7-10-16;;/h3-5,8,11-12,14H,6-7,9-10H2,1-2H3;2*1H. The second-order valence-corrected chi connectivity index (χ2v) is 4.53. The average molecular weight is 292 g/mol. The van der Waals surface area contributed by atoms with Gasteiger partial charge in [0, 0.05) is 31.4 Å². The number of hydrogen-bond donors (Lipinski definition) is 1. The maximum atomic E-state index is 4.44. The van der Waals surface area contributed by atoms with Crippen LogP contribution < -0.4 is 5.32 Å². The molecule has 1 unspecified atom stereocenters. The molecule has 1 fully saturated rings. The molecule has 5 heteroatoms. The Morgan fingerprint density at radius 2 is 1.94 bits per heavy atom. The molecule has 0 aromatic carbocycles. The first-order valence-corrected chi connectivity index (χ1v) is 6.13. The van der Waals surface area contributed by atoms with Crippen LogP contribution in [0.25, 0.3) is 0 Å². The van der Waals surface area contributed by atoms with Gasteiger partial charge < -0.3 is 5.32 Å². The summed E-state index contributed by atoms with van der Waals surface area (Å²) in [7, 11) is 2.06. The van der Waals surface area contributed by atoms with E-state index in [4.69, 9.17) is 0 Å². The lowest BCUT2D eigenvalue weighted by Gasteiger charge is -2.35. The zero-order valence-corrected chi connectivity index (χ0v) is 12.6. The van der Waals surface area contributed by atoms with Crippen molar-refractivity contribution in [3.05, 3.63) is 30.1 Å². The van der Waals surface area contributed by atoms with Gasteiger partial charge in [-0.2, -0.15) is 0 Å². The van der Waals surface area contributed by atoms with Crippen molar-refractivity contribution in [3.63, 3.8) is 0 Å². The predicted octanol–water partition coefficient (Wildman–Crippen LogP) is 2.67. The first kappa shape index (κ1) is 17.6. The Morgan fingerprint density at radius 3 is 2.44 bits per heavy atom. The zero-order chi connectivity index (χ0) is 11.4. The van der Waals surface area contributed by atoms with Gasteiger partial charge in [0.15, 0.2) is 0 Å². The quantitative estimate of drug-likeness (QED) is 0.928. The minimum absolute atomic E-state index is 0. The lowest BCUT2D eigenvalue weighted by molar-refractivity contribution is 0.153. The average Bonchev–Trinajstić information content (AvgIpc) is 2.39. The number of nitrogens with zero attached hydrogens (tertiary/aromatic N) is 2. The van der Waals surface area contributed by atoms with Gasteiger partial charge in [-0.05, 0) is 38.9 Å². The molecule has 3 nitrogen and oxygen atoms in total. The molecule has 0 radical (unpaired) electrons. The highest BCUT2D eigenvalue weighted by atomic mass is 35.5. The van der Waals surface area contributed by atoms with Crippen molar-refractivity contribution in [1.29, 1.82) is 0 Å². The number of rotatable bonds is 3. The monoisotopic (exact) mass is 291 g/mol. The summed E-state index contributed by atoms with van der Waals surface area (Å²) in [6, 6.07) is 7.31. The molecule has 1 aromatic heterocycles. The Kier molecular flexibility index (Phi) is 8.53. The van der Waals surface area contributed by atoms with E-state index in [0.29, 0.717) is 12.1 Å². The Balaban J connectivity index is 0.00000144. The van der Waals surface area contributed by atoms with E-state index in [0.717, 1.165) is 0 Å². The highest BCUT2D eigenvalue weighted by Crippen LogP contribution is 2.22. The van der Waals surface area contributed by atoms with Crippen molar-refractivity contribution in [2.24, 2.45) is 0 Å². The minimum Gasteiger partial charge on any atom is -0.317 e. The fraction of sp³-hybridized carbons (Fsp3) is 0.615. The van der Waals surface area contributed by atoms with Crippen molar-refractivity contribution in [2.45, 2.75) is 31.8 Å². The molecule has 1 aliphatic heterocycles. The highest BCUT2D eigenvalue weighted by Gasteiger charge is 2.22. The van der Waals surface area contributed by atoms with E-state index < -0.39 is 0 Å². The molecule has 1 aromatic rings. The number of aromatic nitrogens is 1. The fourth-order valence-corrected chi connectivity index (χ4v) is 2.39. The summed E-state index contributed by atoms with van der Waals surface area (Å²) in [6.07, 6.45) is 4.37. The SMILES string of the molecule is CNC1CCN(C(C)c2ccccn2)CC1.Cl.Cl. The first-order valence-electron chi connectivity index (χ1n) is 6.13. The van der Waals surface area contributed by atoms with Gasteiger partial charge in [0.25, 0.3) is 0 Å². The summed E-state index contributed by atoms with van der Waals surface area (Å²) in [5, 5.41) is 3.36. The van der Waals surface area contributed by atoms with Gasteiger partial charge in [-0.15, -0.1) is 24.8 Å². The van der Waals surface area contributed by atoms with Crippen molar-refractivity contribution in [2.75, 3.05) is 20.1 Å². The van der Waals surface area contributed by atoms with Gasteiger partial charge >= 0.3 is 0 Å². The summed E-state index contributed by atoms with van der Waals surface area (Å²) in [4.78, 5) is 6.96. The van der Waals surface area contributed by atoms with Crippen molar-refractivity contribution in [3.8, 4) is 0 Å². The molecule has 1 saturated heterocycles. The molecule has 1 atom stereocenters. The molecule has 0 saturated carbocycles. The van der Waals surface area contributed by atoms with Crippen molar-refractivity contribution in [1.82, 2.24) is 15.2 Å². The number of pyridine rings is 1. The van der Waals surface area contributed by atoms with E-state index in [9.17, 15) is 0 Å². The molecule has 1 aliphatic rings. The molecule has 104 valence electrons. The molecule has 0 spiro atoms. The highest BCUT2D eigenvalue weighted by molar-refractivity contribution is 5.85. The maximum absolute atomic E-state index is 4.44. The Labute approximate surface area is 122 Å². The molecule has 2 rings (SSSR count). The number of likely N-dealkylation sites (tertiary alicyclic amines) is 1. The van der Waals surface area contributed by atoms with Crippen LogP contribution in [0.2, 0.25) is 0 Å². The lowest BCUT2D eigenvalue weighted by Crippen LogP contribution is -2.42. The van der Waals surface area contributed by atoms with Gasteiger partial charge in [0.1, 0.15) is 0 Å². The van der Waals surface area contributed by atoms with Crippen LogP contribution in [0.4, 0.5) is 0 Å². The Hall–Kier alpha value is -0.350. The van der Waals surface area contributed by atoms with Crippen LogP contribution in [0.1, 0.15) is 31.5 Å². The Morgan fingerprint density at radius 1 is 1.28 bits per heavy atom. The third kappa shape index (κ3) is 4.39. The first-order chi connectivity index (χ1) is 7.81. The molecular formula is C13H23Cl2N3. The van der Waals surface area contributed by atoms with E-state index in [-0.39, 0.29) is 24.8 Å². The van der Waals surface area contributed by atoms with Crippen LogP contribution >= 0.6 is 24.8 Å². The second kappa shape index (κ2) is 8.70. The van der Waals surface area contributed by atoms with Crippen LogP contribution in [0, 0.1) is 0 Å². The number of nitrogens with one attached hydrogen (secondary N) is 1. The molecule has 18 heavy (non-hydrogen) atoms. The number of piperidine rings is 1. The van der Waals surface area contributed by atoms with Crippen LogP contribution in [-0.2, 0) is 0 Å². The summed E-state index contributed by atoms with van der Waals surface area (Å²) < 4.78 is 0. The number of halogens is 2. The lowest BCUT2D eigenvalue weighted by atomic mass is 10.0. The predicted molar refractivity (Wildman–Crippen MR) is 80.8 cm³/mol. The van der Waals surface area contributed by atoms with Crippen molar-refractivity contribution >= 4 is 24.8 Å². The maximum Gasteiger partial charge on any atom is 0.0572 e. The van der Waals surface area contributed by atoms with E-state index in [1.807, 2.05) is 12.3 Å². The summed E-state index contributed by atoms with van der Waals surface area (Å²) >= 11 is 0. The zero-order valence-electron chi connectivity index (χ0n) is 11.0. The van der Waals surface area contributed by atoms with E-state index >= 15 is 0 Å². The normalized spacial score (nSPS) is 18.6. The van der Waals surface area contributed by atoms with Crippen LogP contribution in [-0.4, -0.2) is 36.1 Å². The summed E-state index contributed by atoms with van der Waals surface area (Å²) in [5.41, 5.74) is 1.19. The molecule has 1 N–H and O–H groups in total. The van der Waals surface area contributed by atoms with Crippen LogP contribution in [0.3, 0.4) is 0 Å². The topological polar surface area (TPSA) is 28.2 Å². The van der Waals surface area contributed by atoms with Gasteiger partial charge in [-0.25, -0.2) is 0 Å². The summed E-state index contributed by atoms with van der Waals surface area (Å²) in [5.74, 6) is 0. The largest absolute Gasteiger partial charge is 0.317 e. The molecule has 0 amide bonds. The fourth-order valence-electron chi connectivity index (χ4n) is 2.39. The van der Waals surface area contributed by atoms with E-state index in [2.05, 4.69) is 41.3 Å². The third-order valence-electron chi connectivity index (χ3n) is 3.60. The molecule has 0 aliphatic carbocycles. The van der Waals surface area contributed by atoms with Gasteiger partial charge in [0.05, 0.1) is 5.69 Å². The van der Waals surface area contributed by atoms with Crippen molar-refractivity contribution < 1.29 is 0 Å². The summed E-state index contributed by atoms with van der Waals surface area (Å²) in [6.45, 7) is 4.59. The van der Waals surface area contributed by atoms with Crippen LogP contribution in [0.15, 0.2) is 24.4 Å². The van der Waals surface area contributed by atoms with Gasteiger partial charge in [-0.1, -0.05) is 6.07 Å². The Bertz CT molecular complexity index is 313. The second-order valence-electron chi connectivity index (χ2n) is 4.53.